The zero-order chi connectivity index (χ0) is 18.9. The maximum absolute atomic E-state index is 13.9. The second kappa shape index (κ2) is 7.93. The van der Waals surface area contributed by atoms with Crippen LogP contribution in [0.15, 0.2) is 29.6 Å². The molecule has 0 saturated carbocycles. The van der Waals surface area contributed by atoms with Gasteiger partial charge in [-0.1, -0.05) is 18.2 Å². The predicted molar refractivity (Wildman–Crippen MR) is 103 cm³/mol. The van der Waals surface area contributed by atoms with Crippen LogP contribution in [-0.4, -0.2) is 57.3 Å². The van der Waals surface area contributed by atoms with Gasteiger partial charge in [-0.05, 0) is 25.3 Å². The fourth-order valence-electron chi connectivity index (χ4n) is 3.95. The van der Waals surface area contributed by atoms with E-state index >= 15 is 0 Å². The predicted octanol–water partition coefficient (Wildman–Crippen LogP) is 2.33. The SMILES string of the molecule is O[C@@H]1CCN(Cc2nc(C3(O)CCN(Cc4ccccc4F)CC3)cs2)C1. The Bertz CT molecular complexity index is 776. The highest BCUT2D eigenvalue weighted by Crippen LogP contribution is 2.34. The minimum atomic E-state index is -0.898. The molecule has 0 amide bonds. The van der Waals surface area contributed by atoms with Crippen molar-refractivity contribution in [2.75, 3.05) is 26.2 Å². The summed E-state index contributed by atoms with van der Waals surface area (Å²) in [7, 11) is 0. The van der Waals surface area contributed by atoms with Crippen molar-refractivity contribution in [3.63, 3.8) is 0 Å². The molecule has 7 heteroatoms. The van der Waals surface area contributed by atoms with Crippen molar-refractivity contribution in [2.45, 2.75) is 44.1 Å². The molecule has 1 aromatic heterocycles. The van der Waals surface area contributed by atoms with Gasteiger partial charge in [-0.25, -0.2) is 9.37 Å². The summed E-state index contributed by atoms with van der Waals surface area (Å²) >= 11 is 1.58. The summed E-state index contributed by atoms with van der Waals surface area (Å²) in [5.74, 6) is -0.172. The summed E-state index contributed by atoms with van der Waals surface area (Å²) in [5.41, 5.74) is 0.560. The van der Waals surface area contributed by atoms with Gasteiger partial charge in [0.25, 0.3) is 0 Å². The van der Waals surface area contributed by atoms with Crippen molar-refractivity contribution >= 4 is 11.3 Å². The smallest absolute Gasteiger partial charge is 0.127 e. The third kappa shape index (κ3) is 4.38. The lowest BCUT2D eigenvalue weighted by Gasteiger charge is -2.37. The highest BCUT2D eigenvalue weighted by atomic mass is 32.1. The number of β-amino-alcohol motifs (C(OH)–C–C–N with tert-alkyl or cyclic N) is 1. The van der Waals surface area contributed by atoms with Crippen LogP contribution in [0.3, 0.4) is 0 Å². The van der Waals surface area contributed by atoms with E-state index in [1.807, 2.05) is 17.5 Å². The van der Waals surface area contributed by atoms with E-state index < -0.39 is 5.60 Å². The average Bonchev–Trinajstić information content (AvgIpc) is 3.29. The van der Waals surface area contributed by atoms with Crippen LogP contribution in [-0.2, 0) is 18.7 Å². The van der Waals surface area contributed by atoms with E-state index in [0.29, 0.717) is 31.5 Å². The number of piperidine rings is 1. The van der Waals surface area contributed by atoms with Crippen LogP contribution in [0.5, 0.6) is 0 Å². The van der Waals surface area contributed by atoms with Crippen molar-refractivity contribution < 1.29 is 14.6 Å². The number of nitrogens with zero attached hydrogens (tertiary/aromatic N) is 3. The summed E-state index contributed by atoms with van der Waals surface area (Å²) in [5, 5.41) is 23.7. The van der Waals surface area contributed by atoms with E-state index in [0.717, 1.165) is 43.3 Å². The fraction of sp³-hybridized carbons (Fsp3) is 0.550. The number of aliphatic hydroxyl groups excluding tert-OH is 1. The first kappa shape index (κ1) is 19.0. The van der Waals surface area contributed by atoms with E-state index in [2.05, 4.69) is 14.8 Å². The first-order valence-corrected chi connectivity index (χ1v) is 10.4. The van der Waals surface area contributed by atoms with Crippen molar-refractivity contribution in [1.29, 1.82) is 0 Å². The van der Waals surface area contributed by atoms with E-state index in [-0.39, 0.29) is 11.9 Å². The first-order chi connectivity index (χ1) is 13.0. The molecule has 0 unspecified atom stereocenters. The number of aliphatic hydroxyl groups is 2. The van der Waals surface area contributed by atoms with Crippen molar-refractivity contribution in [3.05, 3.63) is 51.7 Å². The van der Waals surface area contributed by atoms with E-state index in [9.17, 15) is 14.6 Å². The molecule has 0 bridgehead atoms. The lowest BCUT2D eigenvalue weighted by molar-refractivity contribution is -0.0309. The monoisotopic (exact) mass is 391 g/mol. The van der Waals surface area contributed by atoms with Crippen LogP contribution in [0, 0.1) is 5.82 Å². The van der Waals surface area contributed by atoms with Gasteiger partial charge in [0.15, 0.2) is 0 Å². The maximum Gasteiger partial charge on any atom is 0.127 e. The second-order valence-corrected chi connectivity index (χ2v) is 8.65. The number of thiazole rings is 1. The number of aromatic nitrogens is 1. The Morgan fingerprint density at radius 2 is 1.93 bits per heavy atom. The number of hydrogen-bond donors (Lipinski definition) is 2. The third-order valence-electron chi connectivity index (χ3n) is 5.67. The number of rotatable bonds is 5. The topological polar surface area (TPSA) is 59.8 Å². The summed E-state index contributed by atoms with van der Waals surface area (Å²) in [4.78, 5) is 9.07. The van der Waals surface area contributed by atoms with Crippen LogP contribution < -0.4 is 0 Å². The molecule has 2 N–H and O–H groups in total. The minimum absolute atomic E-state index is 0.172. The highest BCUT2D eigenvalue weighted by molar-refractivity contribution is 7.09. The molecule has 0 radical (unpaired) electrons. The van der Waals surface area contributed by atoms with Crippen LogP contribution >= 0.6 is 11.3 Å². The van der Waals surface area contributed by atoms with E-state index in [4.69, 9.17) is 0 Å². The third-order valence-corrected chi connectivity index (χ3v) is 6.50. The molecule has 2 aliphatic heterocycles. The molecule has 146 valence electrons. The molecule has 2 aromatic rings. The molecule has 0 aliphatic carbocycles. The van der Waals surface area contributed by atoms with Crippen molar-refractivity contribution in [2.24, 2.45) is 0 Å². The molecule has 2 aliphatic rings. The Morgan fingerprint density at radius 1 is 1.15 bits per heavy atom. The number of likely N-dealkylation sites (tertiary alicyclic amines) is 2. The molecule has 1 aromatic carbocycles. The molecule has 4 rings (SSSR count). The Kier molecular flexibility index (Phi) is 5.57. The summed E-state index contributed by atoms with van der Waals surface area (Å²) in [6, 6.07) is 6.87. The second-order valence-electron chi connectivity index (χ2n) is 7.70. The van der Waals surface area contributed by atoms with Crippen LogP contribution in [0.4, 0.5) is 4.39 Å². The van der Waals surface area contributed by atoms with Gasteiger partial charge in [0.05, 0.1) is 18.3 Å². The van der Waals surface area contributed by atoms with Crippen LogP contribution in [0.2, 0.25) is 0 Å². The molecule has 5 nitrogen and oxygen atoms in total. The fourth-order valence-corrected chi connectivity index (χ4v) is 4.88. The number of hydrogen-bond acceptors (Lipinski definition) is 6. The maximum atomic E-state index is 13.9. The molecule has 3 heterocycles. The normalized spacial score (nSPS) is 23.7. The highest BCUT2D eigenvalue weighted by Gasteiger charge is 2.36. The zero-order valence-electron chi connectivity index (χ0n) is 15.4. The average molecular weight is 392 g/mol. The number of halogens is 1. The lowest BCUT2D eigenvalue weighted by Crippen LogP contribution is -2.42. The standard InChI is InChI=1S/C20H26FN3O2S/c21-17-4-2-1-3-15(17)11-23-9-6-20(26,7-10-23)18-14-27-19(22-18)13-24-8-5-16(25)12-24/h1-4,14,16,25-26H,5-13H2/t16-/m1/s1. The van der Waals surface area contributed by atoms with Crippen molar-refractivity contribution in [3.8, 4) is 0 Å². The van der Waals surface area contributed by atoms with Crippen LogP contribution in [0.25, 0.3) is 0 Å². The summed E-state index contributed by atoms with van der Waals surface area (Å²) in [6.45, 7) is 4.33. The van der Waals surface area contributed by atoms with Gasteiger partial charge < -0.3 is 10.2 Å². The Labute approximate surface area is 163 Å². The van der Waals surface area contributed by atoms with Gasteiger partial charge in [-0.15, -0.1) is 11.3 Å². The quantitative estimate of drug-likeness (QED) is 0.819. The Hall–Kier alpha value is -1.38. The molecule has 2 saturated heterocycles. The molecular weight excluding hydrogens is 365 g/mol. The largest absolute Gasteiger partial charge is 0.392 e. The van der Waals surface area contributed by atoms with Gasteiger partial charge in [0.2, 0.25) is 0 Å². The van der Waals surface area contributed by atoms with E-state index in [1.54, 1.807) is 17.4 Å². The summed E-state index contributed by atoms with van der Waals surface area (Å²) in [6.07, 6.45) is 1.80. The Balaban J connectivity index is 1.34. The van der Waals surface area contributed by atoms with E-state index in [1.165, 1.54) is 6.07 Å². The van der Waals surface area contributed by atoms with Gasteiger partial charge >= 0.3 is 0 Å². The molecule has 27 heavy (non-hydrogen) atoms. The minimum Gasteiger partial charge on any atom is -0.392 e. The van der Waals surface area contributed by atoms with Crippen LogP contribution in [0.1, 0.15) is 35.5 Å². The van der Waals surface area contributed by atoms with Gasteiger partial charge in [0, 0.05) is 43.7 Å². The van der Waals surface area contributed by atoms with Gasteiger partial charge in [-0.3, -0.25) is 9.80 Å². The molecular formula is C20H26FN3O2S. The molecule has 1 atom stereocenters. The zero-order valence-corrected chi connectivity index (χ0v) is 16.2. The van der Waals surface area contributed by atoms with Gasteiger partial charge in [-0.2, -0.15) is 0 Å². The summed E-state index contributed by atoms with van der Waals surface area (Å²) < 4.78 is 13.9. The molecule has 0 spiro atoms. The van der Waals surface area contributed by atoms with Gasteiger partial charge in [0.1, 0.15) is 16.4 Å². The Morgan fingerprint density at radius 3 is 2.63 bits per heavy atom. The number of benzene rings is 1. The molecule has 2 fully saturated rings. The van der Waals surface area contributed by atoms with Crippen molar-refractivity contribution in [1.82, 2.24) is 14.8 Å². The first-order valence-electron chi connectivity index (χ1n) is 9.55. The lowest BCUT2D eigenvalue weighted by atomic mass is 9.88.